The molecule has 194 valence electrons. The van der Waals surface area contributed by atoms with Crippen molar-refractivity contribution in [2.45, 2.75) is 46.6 Å². The highest BCUT2D eigenvalue weighted by molar-refractivity contribution is 5.94. The summed E-state index contributed by atoms with van der Waals surface area (Å²) in [6, 6.07) is 11.8. The van der Waals surface area contributed by atoms with Gasteiger partial charge in [-0.25, -0.2) is 9.97 Å². The number of pyridine rings is 1. The lowest BCUT2D eigenvalue weighted by Gasteiger charge is -2.32. The Morgan fingerprint density at radius 3 is 2.28 bits per heavy atom. The number of imidazole rings is 1. The average Bonchev–Trinajstić information content (AvgIpc) is 3.21. The normalized spacial score (nSPS) is 14.9. The van der Waals surface area contributed by atoms with Gasteiger partial charge in [-0.05, 0) is 76.2 Å². The second-order valence-corrected chi connectivity index (χ2v) is 9.84. The Kier molecular flexibility index (Phi) is 8.93. The number of fused-ring (bicyclic) bond motifs is 1. The Morgan fingerprint density at radius 2 is 1.64 bits per heavy atom. The number of anilines is 3. The molecule has 0 radical (unpaired) electrons. The van der Waals surface area contributed by atoms with Gasteiger partial charge in [-0.1, -0.05) is 13.8 Å². The first-order valence-corrected chi connectivity index (χ1v) is 13.4. The fraction of sp³-hybridized carbons (Fsp3) is 0.536. The van der Waals surface area contributed by atoms with Crippen molar-refractivity contribution < 1.29 is 4.79 Å². The van der Waals surface area contributed by atoms with Crippen molar-refractivity contribution in [2.24, 2.45) is 0 Å². The van der Waals surface area contributed by atoms with Gasteiger partial charge >= 0.3 is 0 Å². The zero-order valence-electron chi connectivity index (χ0n) is 22.3. The molecule has 1 N–H and O–H groups in total. The van der Waals surface area contributed by atoms with Crippen LogP contribution in [0.1, 0.15) is 50.4 Å². The number of aryl methyl sites for hydroxylation is 1. The minimum Gasteiger partial charge on any atom is -0.357 e. The molecule has 0 amide bonds. The predicted octanol–water partition coefficient (Wildman–Crippen LogP) is 4.64. The fourth-order valence-corrected chi connectivity index (χ4v) is 4.80. The van der Waals surface area contributed by atoms with Gasteiger partial charge in [-0.2, -0.15) is 0 Å². The number of rotatable bonds is 12. The van der Waals surface area contributed by atoms with Gasteiger partial charge in [0.25, 0.3) is 0 Å². The molecule has 1 aliphatic rings. The Hall–Kier alpha value is -2.97. The summed E-state index contributed by atoms with van der Waals surface area (Å²) in [5, 5.41) is 3.49. The maximum absolute atomic E-state index is 11.7. The van der Waals surface area contributed by atoms with E-state index in [2.05, 4.69) is 57.6 Å². The minimum atomic E-state index is 0.0677. The van der Waals surface area contributed by atoms with Crippen LogP contribution in [0.3, 0.4) is 0 Å². The molecule has 1 saturated heterocycles. The number of benzene rings is 1. The van der Waals surface area contributed by atoms with E-state index in [4.69, 9.17) is 9.97 Å². The van der Waals surface area contributed by atoms with E-state index in [1.807, 2.05) is 24.3 Å². The highest BCUT2D eigenvalue weighted by Crippen LogP contribution is 2.25. The summed E-state index contributed by atoms with van der Waals surface area (Å²) in [6.07, 6.45) is 3.22. The third-order valence-corrected chi connectivity index (χ3v) is 6.89. The number of piperazine rings is 1. The third kappa shape index (κ3) is 6.42. The summed E-state index contributed by atoms with van der Waals surface area (Å²) < 4.78 is 2.23. The molecule has 1 aliphatic heterocycles. The standard InChI is InChI=1S/C28H41N7O/c1-5-14-34(15-6-2)26-13-12-25-27(31-26)35(17-7-16-33-20-18-32(4)19-21-33)28(30-25)29-24-10-8-23(9-11-24)22(3)36/h8-13H,5-7,14-21H2,1-4H3,(H,29,30). The lowest BCUT2D eigenvalue weighted by Crippen LogP contribution is -2.44. The number of ketones is 1. The lowest BCUT2D eigenvalue weighted by atomic mass is 10.1. The molecule has 3 heterocycles. The summed E-state index contributed by atoms with van der Waals surface area (Å²) in [4.78, 5) is 29.0. The van der Waals surface area contributed by atoms with Crippen molar-refractivity contribution in [1.82, 2.24) is 24.3 Å². The maximum Gasteiger partial charge on any atom is 0.209 e. The Bertz CT molecular complexity index is 1130. The van der Waals surface area contributed by atoms with Crippen LogP contribution in [-0.4, -0.2) is 83.0 Å². The van der Waals surface area contributed by atoms with Gasteiger partial charge in [-0.15, -0.1) is 0 Å². The quantitative estimate of drug-likeness (QED) is 0.370. The van der Waals surface area contributed by atoms with Gasteiger partial charge in [0.2, 0.25) is 5.95 Å². The maximum atomic E-state index is 11.7. The van der Waals surface area contributed by atoms with E-state index in [-0.39, 0.29) is 5.78 Å². The van der Waals surface area contributed by atoms with Crippen molar-refractivity contribution in [2.75, 3.05) is 63.1 Å². The van der Waals surface area contributed by atoms with E-state index in [1.54, 1.807) is 6.92 Å². The number of likely N-dealkylation sites (N-methyl/N-ethyl adjacent to an activating group) is 1. The molecule has 0 spiro atoms. The van der Waals surface area contributed by atoms with E-state index in [1.165, 1.54) is 0 Å². The van der Waals surface area contributed by atoms with Crippen molar-refractivity contribution >= 4 is 34.4 Å². The summed E-state index contributed by atoms with van der Waals surface area (Å²) >= 11 is 0. The van der Waals surface area contributed by atoms with Crippen LogP contribution < -0.4 is 10.2 Å². The molecular formula is C28H41N7O. The predicted molar refractivity (Wildman–Crippen MR) is 149 cm³/mol. The van der Waals surface area contributed by atoms with E-state index >= 15 is 0 Å². The topological polar surface area (TPSA) is 69.5 Å². The molecule has 0 bridgehead atoms. The van der Waals surface area contributed by atoms with Gasteiger partial charge < -0.3 is 20.0 Å². The molecule has 36 heavy (non-hydrogen) atoms. The van der Waals surface area contributed by atoms with E-state index in [0.29, 0.717) is 5.56 Å². The second-order valence-electron chi connectivity index (χ2n) is 9.84. The van der Waals surface area contributed by atoms with Crippen LogP contribution in [0.5, 0.6) is 0 Å². The van der Waals surface area contributed by atoms with E-state index < -0.39 is 0 Å². The molecule has 3 aromatic rings. The van der Waals surface area contributed by atoms with Crippen LogP contribution in [0.25, 0.3) is 11.2 Å². The molecular weight excluding hydrogens is 450 g/mol. The molecule has 4 rings (SSSR count). The first kappa shape index (κ1) is 26.1. The number of nitrogens with one attached hydrogen (secondary N) is 1. The SMILES string of the molecule is CCCN(CCC)c1ccc2nc(Nc3ccc(C(C)=O)cc3)n(CCCN3CCN(C)CC3)c2n1. The smallest absolute Gasteiger partial charge is 0.209 e. The minimum absolute atomic E-state index is 0.0677. The van der Waals surface area contributed by atoms with E-state index in [0.717, 1.165) is 100 Å². The van der Waals surface area contributed by atoms with Crippen molar-refractivity contribution in [3.63, 3.8) is 0 Å². The Morgan fingerprint density at radius 1 is 0.944 bits per heavy atom. The third-order valence-electron chi connectivity index (χ3n) is 6.89. The number of carbonyl (C=O) groups excluding carboxylic acids is 1. The van der Waals surface area contributed by atoms with Crippen LogP contribution in [0.4, 0.5) is 17.5 Å². The molecule has 8 heteroatoms. The monoisotopic (exact) mass is 491 g/mol. The summed E-state index contributed by atoms with van der Waals surface area (Å²) in [5.41, 5.74) is 3.44. The average molecular weight is 492 g/mol. The van der Waals surface area contributed by atoms with E-state index in [9.17, 15) is 4.79 Å². The highest BCUT2D eigenvalue weighted by Gasteiger charge is 2.17. The number of nitrogens with zero attached hydrogens (tertiary/aromatic N) is 6. The highest BCUT2D eigenvalue weighted by atomic mass is 16.1. The first-order chi connectivity index (χ1) is 17.5. The number of aromatic nitrogens is 3. The van der Waals surface area contributed by atoms with Crippen LogP contribution >= 0.6 is 0 Å². The number of hydrogen-bond acceptors (Lipinski definition) is 7. The van der Waals surface area contributed by atoms with Crippen LogP contribution in [0.15, 0.2) is 36.4 Å². The summed E-state index contributed by atoms with van der Waals surface area (Å²) in [5.74, 6) is 1.88. The second kappa shape index (κ2) is 12.3. The van der Waals surface area contributed by atoms with Crippen LogP contribution in [0.2, 0.25) is 0 Å². The van der Waals surface area contributed by atoms with Gasteiger partial charge in [0, 0.05) is 57.1 Å². The number of hydrogen-bond donors (Lipinski definition) is 1. The number of Topliss-reactive ketones (excluding diaryl/α,β-unsaturated/α-hetero) is 1. The molecule has 0 unspecified atom stereocenters. The molecule has 0 aliphatic carbocycles. The number of carbonyl (C=O) groups is 1. The lowest BCUT2D eigenvalue weighted by molar-refractivity contribution is 0.101. The van der Waals surface area contributed by atoms with Crippen LogP contribution in [0, 0.1) is 0 Å². The van der Waals surface area contributed by atoms with Gasteiger partial charge in [-0.3, -0.25) is 9.36 Å². The van der Waals surface area contributed by atoms with Crippen LogP contribution in [-0.2, 0) is 6.54 Å². The zero-order chi connectivity index (χ0) is 25.5. The van der Waals surface area contributed by atoms with Gasteiger partial charge in [0.15, 0.2) is 11.4 Å². The zero-order valence-corrected chi connectivity index (χ0v) is 22.3. The van der Waals surface area contributed by atoms with Crippen molar-refractivity contribution in [1.29, 1.82) is 0 Å². The molecule has 1 fully saturated rings. The Balaban J connectivity index is 1.60. The molecule has 0 atom stereocenters. The summed E-state index contributed by atoms with van der Waals surface area (Å²) in [7, 11) is 2.19. The molecule has 1 aromatic carbocycles. The Labute approximate surface area is 215 Å². The van der Waals surface area contributed by atoms with Crippen molar-refractivity contribution in [3.8, 4) is 0 Å². The fourth-order valence-electron chi connectivity index (χ4n) is 4.80. The van der Waals surface area contributed by atoms with Crippen molar-refractivity contribution in [3.05, 3.63) is 42.0 Å². The van der Waals surface area contributed by atoms with Gasteiger partial charge in [0.1, 0.15) is 11.3 Å². The molecule has 8 nitrogen and oxygen atoms in total. The van der Waals surface area contributed by atoms with Gasteiger partial charge in [0.05, 0.1) is 0 Å². The summed E-state index contributed by atoms with van der Waals surface area (Å²) in [6.45, 7) is 14.4. The largest absolute Gasteiger partial charge is 0.357 e. The first-order valence-electron chi connectivity index (χ1n) is 13.4. The molecule has 2 aromatic heterocycles. The molecule has 0 saturated carbocycles.